The number of primary amides is 1. The molecule has 0 aliphatic rings. The SMILES string of the molecule is NC(=O)c1ccc(N(S)C(=O)NCCOc2ccccc2F)cc1. The molecule has 0 aromatic heterocycles. The lowest BCUT2D eigenvalue weighted by Crippen LogP contribution is -2.36. The normalized spacial score (nSPS) is 10.1. The highest BCUT2D eigenvalue weighted by Gasteiger charge is 2.12. The Morgan fingerprint density at radius 3 is 2.46 bits per heavy atom. The van der Waals surface area contributed by atoms with Crippen LogP contribution in [0.5, 0.6) is 5.75 Å². The number of halogens is 1. The van der Waals surface area contributed by atoms with E-state index in [-0.39, 0.29) is 18.9 Å². The van der Waals surface area contributed by atoms with Gasteiger partial charge in [-0.25, -0.2) is 13.5 Å². The number of para-hydroxylation sites is 1. The largest absolute Gasteiger partial charge is 0.489 e. The zero-order valence-electron chi connectivity index (χ0n) is 12.6. The van der Waals surface area contributed by atoms with Crippen molar-refractivity contribution in [3.8, 4) is 5.75 Å². The number of anilines is 1. The van der Waals surface area contributed by atoms with E-state index >= 15 is 0 Å². The second kappa shape index (κ2) is 8.21. The lowest BCUT2D eigenvalue weighted by molar-refractivity contribution is 0.100. The highest BCUT2D eigenvalue weighted by atomic mass is 32.1. The van der Waals surface area contributed by atoms with Gasteiger partial charge in [0.1, 0.15) is 6.61 Å². The summed E-state index contributed by atoms with van der Waals surface area (Å²) in [5.74, 6) is -0.896. The summed E-state index contributed by atoms with van der Waals surface area (Å²) in [5.41, 5.74) is 5.95. The maximum absolute atomic E-state index is 13.3. The molecule has 2 aromatic rings. The Balaban J connectivity index is 1.81. The molecule has 0 aliphatic carbocycles. The fourth-order valence-corrected chi connectivity index (χ4v) is 2.04. The second-order valence-electron chi connectivity index (χ2n) is 4.73. The summed E-state index contributed by atoms with van der Waals surface area (Å²) in [6, 6.07) is 11.6. The summed E-state index contributed by atoms with van der Waals surface area (Å²) in [6.45, 7) is 0.276. The molecule has 24 heavy (non-hydrogen) atoms. The van der Waals surface area contributed by atoms with Gasteiger partial charge in [0, 0.05) is 5.56 Å². The fourth-order valence-electron chi connectivity index (χ4n) is 1.84. The number of amides is 3. The van der Waals surface area contributed by atoms with E-state index in [1.54, 1.807) is 24.3 Å². The van der Waals surface area contributed by atoms with E-state index in [0.29, 0.717) is 11.3 Å². The molecule has 0 saturated heterocycles. The van der Waals surface area contributed by atoms with E-state index in [1.807, 2.05) is 0 Å². The first-order valence-corrected chi connectivity index (χ1v) is 7.43. The van der Waals surface area contributed by atoms with Gasteiger partial charge in [0.2, 0.25) is 5.91 Å². The lowest BCUT2D eigenvalue weighted by atomic mass is 10.2. The van der Waals surface area contributed by atoms with Gasteiger partial charge in [-0.15, -0.1) is 0 Å². The minimum Gasteiger partial charge on any atom is -0.489 e. The summed E-state index contributed by atoms with van der Waals surface area (Å²) in [5, 5.41) is 2.58. The van der Waals surface area contributed by atoms with Crippen LogP contribution < -0.4 is 20.1 Å². The number of ether oxygens (including phenoxy) is 1. The van der Waals surface area contributed by atoms with Crippen molar-refractivity contribution in [3.05, 3.63) is 59.9 Å². The third-order valence-electron chi connectivity index (χ3n) is 3.06. The van der Waals surface area contributed by atoms with Gasteiger partial charge >= 0.3 is 6.03 Å². The minimum absolute atomic E-state index is 0.106. The Kier molecular flexibility index (Phi) is 6.02. The maximum Gasteiger partial charge on any atom is 0.332 e. The molecule has 0 atom stereocenters. The highest BCUT2D eigenvalue weighted by Crippen LogP contribution is 2.17. The van der Waals surface area contributed by atoms with Crippen LogP contribution >= 0.6 is 12.8 Å². The van der Waals surface area contributed by atoms with Crippen LogP contribution in [0.1, 0.15) is 10.4 Å². The van der Waals surface area contributed by atoms with Crippen molar-refractivity contribution in [2.45, 2.75) is 0 Å². The van der Waals surface area contributed by atoms with E-state index in [2.05, 4.69) is 18.1 Å². The molecule has 0 unspecified atom stereocenters. The van der Waals surface area contributed by atoms with E-state index in [1.165, 1.54) is 24.3 Å². The Bertz CT molecular complexity index is 725. The van der Waals surface area contributed by atoms with Gasteiger partial charge in [-0.2, -0.15) is 0 Å². The number of carbonyl (C=O) groups is 2. The number of nitrogens with two attached hydrogens (primary N) is 1. The average molecular weight is 349 g/mol. The van der Waals surface area contributed by atoms with Crippen molar-refractivity contribution >= 4 is 30.4 Å². The van der Waals surface area contributed by atoms with Gasteiger partial charge in [0.05, 0.1) is 12.2 Å². The number of hydrogen-bond acceptors (Lipinski definition) is 4. The average Bonchev–Trinajstić information content (AvgIpc) is 2.59. The van der Waals surface area contributed by atoms with Gasteiger partial charge < -0.3 is 15.8 Å². The topological polar surface area (TPSA) is 84.7 Å². The first-order valence-electron chi connectivity index (χ1n) is 7.03. The van der Waals surface area contributed by atoms with Crippen LogP contribution in [-0.4, -0.2) is 25.1 Å². The highest BCUT2D eigenvalue weighted by molar-refractivity contribution is 7.82. The molecule has 3 amide bonds. The van der Waals surface area contributed by atoms with Gasteiger partial charge in [-0.3, -0.25) is 4.79 Å². The quantitative estimate of drug-likeness (QED) is 0.553. The molecule has 6 nitrogen and oxygen atoms in total. The fraction of sp³-hybridized carbons (Fsp3) is 0.125. The van der Waals surface area contributed by atoms with Crippen LogP contribution in [0.2, 0.25) is 0 Å². The molecular weight excluding hydrogens is 333 g/mol. The number of urea groups is 1. The zero-order valence-corrected chi connectivity index (χ0v) is 13.5. The van der Waals surface area contributed by atoms with Crippen molar-refractivity contribution < 1.29 is 18.7 Å². The van der Waals surface area contributed by atoms with E-state index in [9.17, 15) is 14.0 Å². The van der Waals surface area contributed by atoms with Crippen LogP contribution in [0.3, 0.4) is 0 Å². The molecule has 0 saturated carbocycles. The third-order valence-corrected chi connectivity index (χ3v) is 3.47. The minimum atomic E-state index is -0.554. The number of hydrogen-bond donors (Lipinski definition) is 3. The lowest BCUT2D eigenvalue weighted by Gasteiger charge is -2.17. The monoisotopic (exact) mass is 349 g/mol. The Hall–Kier alpha value is -2.74. The molecule has 0 aliphatic heterocycles. The second-order valence-corrected chi connectivity index (χ2v) is 5.13. The predicted molar refractivity (Wildman–Crippen MR) is 91.7 cm³/mol. The van der Waals surface area contributed by atoms with E-state index in [4.69, 9.17) is 10.5 Å². The Labute approximate surface area is 143 Å². The number of nitrogens with one attached hydrogen (secondary N) is 1. The standard InChI is InChI=1S/C16H16FN3O3S/c17-13-3-1-2-4-14(13)23-10-9-19-16(22)20(24)12-7-5-11(6-8-12)15(18)21/h1-8,24H,9-10H2,(H2,18,21)(H,19,22). The van der Waals surface area contributed by atoms with Gasteiger partial charge in [0.15, 0.2) is 11.6 Å². The Morgan fingerprint density at radius 1 is 1.17 bits per heavy atom. The van der Waals surface area contributed by atoms with Gasteiger partial charge in [-0.05, 0) is 36.4 Å². The molecular formula is C16H16FN3O3S. The molecule has 8 heteroatoms. The summed E-state index contributed by atoms with van der Waals surface area (Å²) in [4.78, 5) is 23.0. The summed E-state index contributed by atoms with van der Waals surface area (Å²) in [6.07, 6.45) is 0. The number of benzene rings is 2. The zero-order chi connectivity index (χ0) is 17.5. The van der Waals surface area contributed by atoms with Crippen LogP contribution in [0.15, 0.2) is 48.5 Å². The molecule has 0 spiro atoms. The molecule has 0 fully saturated rings. The van der Waals surface area contributed by atoms with Crippen molar-refractivity contribution in [1.29, 1.82) is 0 Å². The van der Waals surface area contributed by atoms with Gasteiger partial charge in [0.25, 0.3) is 0 Å². The maximum atomic E-state index is 13.3. The molecule has 2 aromatic carbocycles. The van der Waals surface area contributed by atoms with Crippen LogP contribution in [0, 0.1) is 5.82 Å². The molecule has 0 bridgehead atoms. The van der Waals surface area contributed by atoms with Crippen molar-refractivity contribution in [2.75, 3.05) is 17.5 Å². The smallest absolute Gasteiger partial charge is 0.332 e. The molecule has 3 N–H and O–H groups in total. The van der Waals surface area contributed by atoms with Crippen molar-refractivity contribution in [1.82, 2.24) is 5.32 Å². The number of nitrogens with zero attached hydrogens (tertiary/aromatic N) is 1. The number of carbonyl (C=O) groups excluding carboxylic acids is 2. The van der Waals surface area contributed by atoms with Crippen LogP contribution in [-0.2, 0) is 0 Å². The summed E-state index contributed by atoms with van der Waals surface area (Å²) >= 11 is 4.09. The van der Waals surface area contributed by atoms with Crippen molar-refractivity contribution in [3.63, 3.8) is 0 Å². The number of thiol groups is 1. The number of rotatable bonds is 6. The molecule has 0 heterocycles. The molecule has 126 valence electrons. The van der Waals surface area contributed by atoms with E-state index in [0.717, 1.165) is 4.31 Å². The molecule has 0 radical (unpaired) electrons. The summed E-state index contributed by atoms with van der Waals surface area (Å²) in [7, 11) is 0. The summed E-state index contributed by atoms with van der Waals surface area (Å²) < 4.78 is 19.7. The van der Waals surface area contributed by atoms with Crippen LogP contribution in [0.25, 0.3) is 0 Å². The Morgan fingerprint density at radius 2 is 1.83 bits per heavy atom. The van der Waals surface area contributed by atoms with Gasteiger partial charge in [-0.1, -0.05) is 24.9 Å². The van der Waals surface area contributed by atoms with E-state index < -0.39 is 17.8 Å². The third kappa shape index (κ3) is 4.63. The predicted octanol–water partition coefficient (Wildman–Crippen LogP) is 2.36. The van der Waals surface area contributed by atoms with Crippen LogP contribution in [0.4, 0.5) is 14.9 Å². The van der Waals surface area contributed by atoms with Crippen molar-refractivity contribution in [2.24, 2.45) is 5.73 Å². The molecule has 2 rings (SSSR count). The first-order chi connectivity index (χ1) is 11.5. The first kappa shape index (κ1) is 17.6.